The summed E-state index contributed by atoms with van der Waals surface area (Å²) in [5.74, 6) is -4.90. The second-order valence-corrected chi connectivity index (χ2v) is 9.59. The number of amides is 3. The van der Waals surface area contributed by atoms with Gasteiger partial charge in [0.1, 0.15) is 15.8 Å². The molecule has 1 fully saturated rings. The summed E-state index contributed by atoms with van der Waals surface area (Å²) in [6.07, 6.45) is 2.97. The third kappa shape index (κ3) is 5.53. The van der Waals surface area contributed by atoms with Crippen LogP contribution in [0.25, 0.3) is 0 Å². The van der Waals surface area contributed by atoms with Crippen molar-refractivity contribution in [3.63, 3.8) is 0 Å². The minimum absolute atomic E-state index is 0.0172. The lowest BCUT2D eigenvalue weighted by Gasteiger charge is -2.13. The third-order valence-electron chi connectivity index (χ3n) is 5.12. The molecule has 1 unspecified atom stereocenters. The fraction of sp³-hybridized carbons (Fsp3) is 0.130. The highest BCUT2D eigenvalue weighted by Crippen LogP contribution is 2.53. The van der Waals surface area contributed by atoms with Crippen LogP contribution in [0.3, 0.4) is 0 Å². The Labute approximate surface area is 212 Å². The van der Waals surface area contributed by atoms with Gasteiger partial charge in [-0.3, -0.25) is 19.4 Å². The number of hydrogen-bond acceptors (Lipinski definition) is 4. The van der Waals surface area contributed by atoms with Gasteiger partial charge in [-0.2, -0.15) is 0 Å². The van der Waals surface area contributed by atoms with Gasteiger partial charge in [-0.25, -0.2) is 8.78 Å². The number of carbonyl (C=O) groups is 3. The van der Waals surface area contributed by atoms with Gasteiger partial charge in [-0.15, -0.1) is 23.2 Å². The highest BCUT2D eigenvalue weighted by molar-refractivity contribution is 6.52. The summed E-state index contributed by atoms with van der Waals surface area (Å²) < 4.78 is 28.1. The number of alkyl halides is 2. The van der Waals surface area contributed by atoms with Crippen molar-refractivity contribution < 1.29 is 23.2 Å². The molecule has 0 bridgehead atoms. The van der Waals surface area contributed by atoms with Crippen LogP contribution >= 0.6 is 34.8 Å². The topological polar surface area (TPSA) is 100 Å². The zero-order valence-corrected chi connectivity index (χ0v) is 19.8. The lowest BCUT2D eigenvalue weighted by Crippen LogP contribution is -2.19. The Hall–Kier alpha value is -3.27. The van der Waals surface area contributed by atoms with Crippen LogP contribution < -0.4 is 16.0 Å². The van der Waals surface area contributed by atoms with Crippen molar-refractivity contribution in [2.75, 3.05) is 16.0 Å². The number of rotatable bonds is 6. The number of nitrogens with one attached hydrogen (secondary N) is 3. The van der Waals surface area contributed by atoms with Gasteiger partial charge in [0.15, 0.2) is 5.82 Å². The second-order valence-electron chi connectivity index (χ2n) is 7.64. The summed E-state index contributed by atoms with van der Waals surface area (Å²) >= 11 is 17.9. The SMILES string of the molecule is O=C(Nc1c(F)ccc(NC(=O)c2cc(NC(=O)C3CC3(Cl)Cl)ccc2Cl)c1F)c1cccnc1. The van der Waals surface area contributed by atoms with Crippen molar-refractivity contribution in [3.8, 4) is 0 Å². The van der Waals surface area contributed by atoms with Crippen LogP contribution in [0.5, 0.6) is 0 Å². The molecular formula is C23H15Cl3F2N4O3. The Morgan fingerprint density at radius 2 is 1.74 bits per heavy atom. The molecule has 1 aliphatic rings. The standard InChI is InChI=1S/C23H15Cl3F2N4O3/c24-15-4-3-12(30-22(35)14-9-23(14,25)26)8-13(15)21(34)31-17-6-5-16(27)19(18(17)28)32-20(33)11-2-1-7-29-10-11/h1-8,10,14H,9H2,(H,30,35)(H,31,34)(H,32,33). The Balaban J connectivity index is 1.52. The van der Waals surface area contributed by atoms with E-state index in [-0.39, 0.29) is 21.8 Å². The molecule has 0 spiro atoms. The smallest absolute Gasteiger partial charge is 0.257 e. The maximum atomic E-state index is 15.0. The van der Waals surface area contributed by atoms with Crippen LogP contribution in [0.15, 0.2) is 54.9 Å². The summed E-state index contributed by atoms with van der Waals surface area (Å²) in [5.41, 5.74) is -0.926. The van der Waals surface area contributed by atoms with Crippen LogP contribution in [-0.2, 0) is 4.79 Å². The summed E-state index contributed by atoms with van der Waals surface area (Å²) in [7, 11) is 0. The van der Waals surface area contributed by atoms with Gasteiger partial charge in [0.2, 0.25) is 5.91 Å². The first-order chi connectivity index (χ1) is 16.6. The fourth-order valence-electron chi connectivity index (χ4n) is 3.14. The second kappa shape index (κ2) is 9.77. The molecule has 180 valence electrons. The monoisotopic (exact) mass is 538 g/mol. The van der Waals surface area contributed by atoms with Crippen LogP contribution in [0, 0.1) is 17.6 Å². The van der Waals surface area contributed by atoms with Crippen molar-refractivity contribution in [3.05, 3.63) is 82.6 Å². The van der Waals surface area contributed by atoms with E-state index < -0.39 is 51.0 Å². The number of pyridine rings is 1. The molecule has 0 aliphatic heterocycles. The van der Waals surface area contributed by atoms with Crippen LogP contribution in [-0.4, -0.2) is 27.0 Å². The van der Waals surface area contributed by atoms with Gasteiger partial charge in [0.05, 0.1) is 27.8 Å². The van der Waals surface area contributed by atoms with E-state index >= 15 is 4.39 Å². The van der Waals surface area contributed by atoms with Gasteiger partial charge in [-0.1, -0.05) is 11.6 Å². The molecule has 2 aromatic carbocycles. The molecular weight excluding hydrogens is 525 g/mol. The van der Waals surface area contributed by atoms with Gasteiger partial charge >= 0.3 is 0 Å². The van der Waals surface area contributed by atoms with E-state index in [9.17, 15) is 18.8 Å². The number of nitrogens with zero attached hydrogens (tertiary/aromatic N) is 1. The number of aromatic nitrogens is 1. The number of carbonyl (C=O) groups excluding carboxylic acids is 3. The Morgan fingerprint density at radius 3 is 2.40 bits per heavy atom. The van der Waals surface area contributed by atoms with E-state index in [0.29, 0.717) is 6.42 Å². The maximum Gasteiger partial charge on any atom is 0.257 e. The molecule has 0 saturated heterocycles. The minimum Gasteiger partial charge on any atom is -0.326 e. The molecule has 1 heterocycles. The van der Waals surface area contributed by atoms with Gasteiger partial charge in [-0.05, 0) is 48.9 Å². The van der Waals surface area contributed by atoms with Crippen molar-refractivity contribution in [2.24, 2.45) is 5.92 Å². The average Bonchev–Trinajstić information content (AvgIpc) is 3.48. The van der Waals surface area contributed by atoms with Crippen LogP contribution in [0.2, 0.25) is 5.02 Å². The molecule has 35 heavy (non-hydrogen) atoms. The molecule has 1 saturated carbocycles. The first kappa shape index (κ1) is 24.8. The number of benzene rings is 2. The van der Waals surface area contributed by atoms with Crippen molar-refractivity contribution in [1.82, 2.24) is 4.98 Å². The van der Waals surface area contributed by atoms with E-state index in [2.05, 4.69) is 20.9 Å². The van der Waals surface area contributed by atoms with E-state index in [1.807, 2.05) is 0 Å². The van der Waals surface area contributed by atoms with E-state index in [1.54, 1.807) is 0 Å². The number of hydrogen-bond donors (Lipinski definition) is 3. The predicted molar refractivity (Wildman–Crippen MR) is 129 cm³/mol. The normalized spacial score (nSPS) is 15.7. The van der Waals surface area contributed by atoms with Gasteiger partial charge < -0.3 is 16.0 Å². The quantitative estimate of drug-likeness (QED) is 0.353. The molecule has 3 N–H and O–H groups in total. The van der Waals surface area contributed by atoms with Crippen LogP contribution in [0.1, 0.15) is 27.1 Å². The molecule has 12 heteroatoms. The maximum absolute atomic E-state index is 15.0. The zero-order chi connectivity index (χ0) is 25.3. The molecule has 1 aromatic heterocycles. The van der Waals surface area contributed by atoms with Crippen molar-refractivity contribution in [1.29, 1.82) is 0 Å². The van der Waals surface area contributed by atoms with E-state index in [1.165, 1.54) is 42.7 Å². The molecule has 3 amide bonds. The van der Waals surface area contributed by atoms with E-state index in [0.717, 1.165) is 12.1 Å². The molecule has 4 rings (SSSR count). The Bertz CT molecular complexity index is 1340. The molecule has 0 radical (unpaired) electrons. The van der Waals surface area contributed by atoms with E-state index in [4.69, 9.17) is 34.8 Å². The summed E-state index contributed by atoms with van der Waals surface area (Å²) in [6.45, 7) is 0. The van der Waals surface area contributed by atoms with Gasteiger partial charge in [0, 0.05) is 18.1 Å². The molecule has 1 aliphatic carbocycles. The highest BCUT2D eigenvalue weighted by Gasteiger charge is 2.56. The molecule has 1 atom stereocenters. The number of anilines is 3. The first-order valence-corrected chi connectivity index (χ1v) is 11.2. The first-order valence-electron chi connectivity index (χ1n) is 10.1. The lowest BCUT2D eigenvalue weighted by atomic mass is 10.1. The van der Waals surface area contributed by atoms with Crippen molar-refractivity contribution >= 4 is 69.6 Å². The number of halogens is 5. The van der Waals surface area contributed by atoms with Gasteiger partial charge in [0.25, 0.3) is 11.8 Å². The largest absolute Gasteiger partial charge is 0.326 e. The molecule has 7 nitrogen and oxygen atoms in total. The minimum atomic E-state index is -1.20. The lowest BCUT2D eigenvalue weighted by molar-refractivity contribution is -0.117. The third-order valence-corrected chi connectivity index (χ3v) is 6.29. The molecule has 3 aromatic rings. The Kier molecular flexibility index (Phi) is 6.93. The summed E-state index contributed by atoms with van der Waals surface area (Å²) in [4.78, 5) is 41.1. The summed E-state index contributed by atoms with van der Waals surface area (Å²) in [5, 5.41) is 7.04. The van der Waals surface area contributed by atoms with Crippen molar-refractivity contribution in [2.45, 2.75) is 10.8 Å². The predicted octanol–water partition coefficient (Wildman–Crippen LogP) is 5.65. The fourth-order valence-corrected chi connectivity index (χ4v) is 3.85. The average molecular weight is 540 g/mol. The Morgan fingerprint density at radius 1 is 1.00 bits per heavy atom. The van der Waals surface area contributed by atoms with Crippen LogP contribution in [0.4, 0.5) is 25.8 Å². The highest BCUT2D eigenvalue weighted by atomic mass is 35.5. The zero-order valence-electron chi connectivity index (χ0n) is 17.5. The summed E-state index contributed by atoms with van der Waals surface area (Å²) in [6, 6.07) is 8.91.